The summed E-state index contributed by atoms with van der Waals surface area (Å²) in [6.45, 7) is 0. The number of fused-ring (bicyclic) bond motifs is 10. The number of rotatable bonds is 4. The van der Waals surface area contributed by atoms with Gasteiger partial charge in [-0.1, -0.05) is 121 Å². The fourth-order valence-corrected chi connectivity index (χ4v) is 7.80. The second kappa shape index (κ2) is 10.7. The third kappa shape index (κ3) is 4.07. The zero-order chi connectivity index (χ0) is 33.5. The monoisotopic (exact) mass is 653 g/mol. The Bertz CT molecular complexity index is 3140. The van der Waals surface area contributed by atoms with Gasteiger partial charge in [-0.2, -0.15) is 9.97 Å². The van der Waals surface area contributed by atoms with Crippen LogP contribution in [0, 0.1) is 0 Å². The average Bonchev–Trinajstić information content (AvgIpc) is 3.86. The molecule has 0 unspecified atom stereocenters. The summed E-state index contributed by atoms with van der Waals surface area (Å²) in [4.78, 5) is 15.8. The molecule has 0 amide bonds. The lowest BCUT2D eigenvalue weighted by Crippen LogP contribution is -2.06. The number of hydrogen-bond acceptors (Lipinski definition) is 4. The fourth-order valence-electron chi connectivity index (χ4n) is 7.80. The van der Waals surface area contributed by atoms with E-state index in [-0.39, 0.29) is 0 Å². The van der Waals surface area contributed by atoms with Crippen LogP contribution in [-0.2, 0) is 0 Å². The number of nitrogens with zero attached hydrogens (tertiary/aromatic N) is 5. The topological polar surface area (TPSA) is 61.7 Å². The van der Waals surface area contributed by atoms with E-state index < -0.39 is 0 Å². The minimum absolute atomic E-state index is 0.529. The highest BCUT2D eigenvalue weighted by Crippen LogP contribution is 2.41. The molecule has 4 aromatic heterocycles. The van der Waals surface area contributed by atoms with Crippen molar-refractivity contribution in [3.8, 4) is 34.4 Å². The number of hydrogen-bond donors (Lipinski definition) is 0. The zero-order valence-electron chi connectivity index (χ0n) is 27.2. The van der Waals surface area contributed by atoms with Crippen molar-refractivity contribution in [2.45, 2.75) is 0 Å². The number of furan rings is 1. The summed E-state index contributed by atoms with van der Waals surface area (Å²) < 4.78 is 11.1. The van der Waals surface area contributed by atoms with Crippen LogP contribution >= 0.6 is 0 Å². The van der Waals surface area contributed by atoms with E-state index in [2.05, 4.69) is 124 Å². The lowest BCUT2D eigenvalue weighted by molar-refractivity contribution is 0.670. The third-order valence-corrected chi connectivity index (χ3v) is 9.99. The maximum Gasteiger partial charge on any atom is 0.238 e. The fraction of sp³-hybridized carbons (Fsp3) is 0. The molecule has 0 fully saturated rings. The van der Waals surface area contributed by atoms with E-state index in [4.69, 9.17) is 19.4 Å². The van der Waals surface area contributed by atoms with Gasteiger partial charge in [0.1, 0.15) is 11.1 Å². The van der Waals surface area contributed by atoms with E-state index in [0.717, 1.165) is 82.4 Å². The van der Waals surface area contributed by atoms with Gasteiger partial charge in [-0.25, -0.2) is 4.98 Å². The minimum atomic E-state index is 0.529. The van der Waals surface area contributed by atoms with E-state index in [0.29, 0.717) is 17.6 Å². The van der Waals surface area contributed by atoms with Gasteiger partial charge in [-0.15, -0.1) is 0 Å². The van der Waals surface area contributed by atoms with Crippen molar-refractivity contribution in [2.75, 3.05) is 0 Å². The Morgan fingerprint density at radius 3 is 1.86 bits per heavy atom. The molecule has 0 atom stereocenters. The van der Waals surface area contributed by atoms with E-state index in [1.165, 1.54) is 0 Å². The van der Waals surface area contributed by atoms with Gasteiger partial charge in [0.25, 0.3) is 0 Å². The number of para-hydroxylation sites is 4. The molecule has 0 radical (unpaired) electrons. The standard InChI is InChI=1S/C45H27N5O/c1-3-14-28(15-4-1)43-46-44(35-21-13-24-38-40(35)34-20-8-11-23-37(34)49(38)29-16-5-2-6-17-29)48-45(47-43)50-36-22-10-7-18-30(36)32-26-27-33-31-19-9-12-25-39(31)51-42(33)41(32)50/h1-27H. The smallest absolute Gasteiger partial charge is 0.238 e. The summed E-state index contributed by atoms with van der Waals surface area (Å²) in [7, 11) is 0. The van der Waals surface area contributed by atoms with Crippen molar-refractivity contribution in [1.29, 1.82) is 0 Å². The lowest BCUT2D eigenvalue weighted by Gasteiger charge is -2.12. The summed E-state index contributed by atoms with van der Waals surface area (Å²) in [5.41, 5.74) is 8.74. The van der Waals surface area contributed by atoms with Crippen LogP contribution in [0.1, 0.15) is 0 Å². The van der Waals surface area contributed by atoms with Gasteiger partial charge in [0.15, 0.2) is 17.2 Å². The van der Waals surface area contributed by atoms with E-state index >= 15 is 0 Å². The Balaban J connectivity index is 1.27. The van der Waals surface area contributed by atoms with Crippen molar-refractivity contribution < 1.29 is 4.42 Å². The third-order valence-electron chi connectivity index (χ3n) is 9.99. The first-order chi connectivity index (χ1) is 25.3. The van der Waals surface area contributed by atoms with E-state index in [9.17, 15) is 0 Å². The van der Waals surface area contributed by atoms with Crippen LogP contribution < -0.4 is 0 Å². The van der Waals surface area contributed by atoms with Crippen LogP contribution in [0.5, 0.6) is 0 Å². The van der Waals surface area contributed by atoms with Crippen molar-refractivity contribution in [2.24, 2.45) is 0 Å². The Morgan fingerprint density at radius 2 is 1.04 bits per heavy atom. The molecule has 0 aliphatic carbocycles. The molecule has 0 bridgehead atoms. The number of aromatic nitrogens is 5. The van der Waals surface area contributed by atoms with E-state index in [1.807, 2.05) is 48.5 Å². The minimum Gasteiger partial charge on any atom is -0.454 e. The molecule has 6 heteroatoms. The maximum absolute atomic E-state index is 6.64. The first kappa shape index (κ1) is 27.9. The molecule has 0 saturated heterocycles. The summed E-state index contributed by atoms with van der Waals surface area (Å²) in [6, 6.07) is 56.6. The van der Waals surface area contributed by atoms with Gasteiger partial charge in [0, 0.05) is 49.1 Å². The van der Waals surface area contributed by atoms with Gasteiger partial charge in [0.05, 0.1) is 16.6 Å². The predicted octanol–water partition coefficient (Wildman–Crippen LogP) is 11.3. The SMILES string of the molecule is c1ccc(-c2nc(-c3cccc4c3c3ccccc3n4-c3ccccc3)nc(-n3c4ccccc4c4ccc5c6ccccc6oc5c43)n2)cc1. The molecule has 0 aliphatic heterocycles. The first-order valence-corrected chi connectivity index (χ1v) is 17.0. The van der Waals surface area contributed by atoms with Crippen LogP contribution in [0.3, 0.4) is 0 Å². The Kier molecular flexibility index (Phi) is 5.86. The molecule has 11 aromatic rings. The van der Waals surface area contributed by atoms with Crippen molar-refractivity contribution >= 4 is 65.6 Å². The van der Waals surface area contributed by atoms with Gasteiger partial charge in [-0.3, -0.25) is 4.57 Å². The molecule has 51 heavy (non-hydrogen) atoms. The number of benzene rings is 7. The Hall–Kier alpha value is -7.05. The van der Waals surface area contributed by atoms with Gasteiger partial charge >= 0.3 is 0 Å². The highest BCUT2D eigenvalue weighted by Gasteiger charge is 2.23. The largest absolute Gasteiger partial charge is 0.454 e. The Labute approximate surface area is 291 Å². The Morgan fingerprint density at radius 1 is 0.412 bits per heavy atom. The van der Waals surface area contributed by atoms with Crippen molar-refractivity contribution in [3.63, 3.8) is 0 Å². The van der Waals surface area contributed by atoms with E-state index in [1.54, 1.807) is 0 Å². The molecule has 0 spiro atoms. The summed E-state index contributed by atoms with van der Waals surface area (Å²) in [5, 5.41) is 6.54. The summed E-state index contributed by atoms with van der Waals surface area (Å²) in [5.74, 6) is 1.73. The highest BCUT2D eigenvalue weighted by molar-refractivity contribution is 6.21. The van der Waals surface area contributed by atoms with Crippen LogP contribution in [0.4, 0.5) is 0 Å². The first-order valence-electron chi connectivity index (χ1n) is 17.0. The summed E-state index contributed by atoms with van der Waals surface area (Å²) >= 11 is 0. The van der Waals surface area contributed by atoms with Crippen molar-refractivity contribution in [1.82, 2.24) is 24.1 Å². The molecule has 0 saturated carbocycles. The molecule has 0 aliphatic rings. The summed E-state index contributed by atoms with van der Waals surface area (Å²) in [6.07, 6.45) is 0. The maximum atomic E-state index is 6.64. The lowest BCUT2D eigenvalue weighted by atomic mass is 10.1. The van der Waals surface area contributed by atoms with Crippen LogP contribution in [0.2, 0.25) is 0 Å². The quantitative estimate of drug-likeness (QED) is 0.190. The second-order valence-electron chi connectivity index (χ2n) is 12.8. The zero-order valence-corrected chi connectivity index (χ0v) is 27.2. The molecule has 11 rings (SSSR count). The van der Waals surface area contributed by atoms with Crippen LogP contribution in [0.25, 0.3) is 100.0 Å². The van der Waals surface area contributed by atoms with Gasteiger partial charge in [-0.05, 0) is 42.5 Å². The predicted molar refractivity (Wildman–Crippen MR) is 207 cm³/mol. The molecular weight excluding hydrogens is 627 g/mol. The normalized spacial score (nSPS) is 11.9. The van der Waals surface area contributed by atoms with Crippen LogP contribution in [0.15, 0.2) is 168 Å². The van der Waals surface area contributed by atoms with Gasteiger partial charge in [0.2, 0.25) is 5.95 Å². The molecule has 6 nitrogen and oxygen atoms in total. The highest BCUT2D eigenvalue weighted by atomic mass is 16.3. The molecule has 4 heterocycles. The average molecular weight is 654 g/mol. The van der Waals surface area contributed by atoms with Gasteiger partial charge < -0.3 is 8.98 Å². The molecule has 238 valence electrons. The van der Waals surface area contributed by atoms with Crippen molar-refractivity contribution in [3.05, 3.63) is 164 Å². The molecule has 7 aromatic carbocycles. The molecule has 0 N–H and O–H groups in total. The van der Waals surface area contributed by atoms with Crippen LogP contribution in [-0.4, -0.2) is 24.1 Å². The second-order valence-corrected chi connectivity index (χ2v) is 12.8. The molecular formula is C45H27N5O.